The Labute approximate surface area is 63.8 Å². The molecule has 0 aliphatic carbocycles. The normalized spacial score (nSPS) is 10.1. The molecule has 0 saturated carbocycles. The molecule has 0 saturated heterocycles. The van der Waals surface area contributed by atoms with Crippen LogP contribution in [0.1, 0.15) is 25.5 Å². The number of nitrogens with one attached hydrogen (secondary N) is 1. The molecule has 0 spiro atoms. The van der Waals surface area contributed by atoms with E-state index in [9.17, 15) is 4.79 Å². The van der Waals surface area contributed by atoms with Crippen LogP contribution in [0.25, 0.3) is 0 Å². The molecule has 0 aliphatic rings. The fraction of sp³-hybridized carbons (Fsp3) is 0.500. The molecular formula is C6H9N3O2. The standard InChI is InChI=1S/C6H9N3O2/c1-4(2)5-6(11-3-10)8-9-7-5/h3-4H,1-2H3,(H,7,8,9). The molecule has 1 rings (SSSR count). The molecular weight excluding hydrogens is 146 g/mol. The molecule has 11 heavy (non-hydrogen) atoms. The van der Waals surface area contributed by atoms with Gasteiger partial charge >= 0.3 is 0 Å². The zero-order valence-electron chi connectivity index (χ0n) is 6.37. The summed E-state index contributed by atoms with van der Waals surface area (Å²) < 4.78 is 4.58. The highest BCUT2D eigenvalue weighted by molar-refractivity contribution is 5.43. The zero-order valence-corrected chi connectivity index (χ0v) is 6.37. The molecule has 5 heteroatoms. The predicted octanol–water partition coefficient (Wildman–Crippen LogP) is 0.463. The van der Waals surface area contributed by atoms with Crippen molar-refractivity contribution in [3.05, 3.63) is 5.69 Å². The second kappa shape index (κ2) is 3.14. The molecule has 5 nitrogen and oxygen atoms in total. The van der Waals surface area contributed by atoms with Gasteiger partial charge in [0.1, 0.15) is 5.69 Å². The first-order chi connectivity index (χ1) is 5.25. The maximum Gasteiger partial charge on any atom is 0.299 e. The first-order valence-electron chi connectivity index (χ1n) is 3.27. The molecule has 0 fully saturated rings. The summed E-state index contributed by atoms with van der Waals surface area (Å²) in [6, 6.07) is 0. The lowest BCUT2D eigenvalue weighted by Crippen LogP contribution is -1.95. The lowest BCUT2D eigenvalue weighted by molar-refractivity contribution is -0.121. The molecule has 1 heterocycles. The van der Waals surface area contributed by atoms with Gasteiger partial charge in [0.05, 0.1) is 0 Å². The van der Waals surface area contributed by atoms with Crippen molar-refractivity contribution in [2.45, 2.75) is 19.8 Å². The van der Waals surface area contributed by atoms with E-state index in [1.165, 1.54) is 0 Å². The minimum atomic E-state index is 0.198. The van der Waals surface area contributed by atoms with Gasteiger partial charge in [0, 0.05) is 5.92 Å². The lowest BCUT2D eigenvalue weighted by atomic mass is 10.1. The highest BCUT2D eigenvalue weighted by atomic mass is 16.5. The van der Waals surface area contributed by atoms with Gasteiger partial charge in [-0.15, -0.1) is 5.10 Å². The van der Waals surface area contributed by atoms with Crippen LogP contribution in [0.4, 0.5) is 0 Å². The topological polar surface area (TPSA) is 67.9 Å². The van der Waals surface area contributed by atoms with Crippen LogP contribution in [-0.2, 0) is 4.79 Å². The van der Waals surface area contributed by atoms with E-state index >= 15 is 0 Å². The van der Waals surface area contributed by atoms with Crippen LogP contribution in [-0.4, -0.2) is 21.9 Å². The molecule has 1 N–H and O–H groups in total. The van der Waals surface area contributed by atoms with Crippen LogP contribution < -0.4 is 4.74 Å². The minimum absolute atomic E-state index is 0.198. The Morgan fingerprint density at radius 2 is 2.36 bits per heavy atom. The van der Waals surface area contributed by atoms with Gasteiger partial charge in [-0.3, -0.25) is 4.79 Å². The molecule has 0 aliphatic heterocycles. The van der Waals surface area contributed by atoms with Crippen LogP contribution in [0.3, 0.4) is 0 Å². The smallest absolute Gasteiger partial charge is 0.299 e. The predicted molar refractivity (Wildman–Crippen MR) is 37.2 cm³/mol. The SMILES string of the molecule is CC(C)c1nn[nH]c1OC=O. The number of carbonyl (C=O) groups is 1. The van der Waals surface area contributed by atoms with Crippen molar-refractivity contribution >= 4 is 6.47 Å². The molecule has 0 radical (unpaired) electrons. The van der Waals surface area contributed by atoms with Gasteiger partial charge in [-0.2, -0.15) is 0 Å². The van der Waals surface area contributed by atoms with Crippen LogP contribution >= 0.6 is 0 Å². The number of aromatic nitrogens is 3. The fourth-order valence-corrected chi connectivity index (χ4v) is 0.739. The Hall–Kier alpha value is -1.39. The van der Waals surface area contributed by atoms with Crippen molar-refractivity contribution in [2.24, 2.45) is 0 Å². The third-order valence-corrected chi connectivity index (χ3v) is 1.25. The van der Waals surface area contributed by atoms with Gasteiger partial charge in [-0.05, 0) is 0 Å². The Balaban J connectivity index is 2.86. The number of hydrogen-bond acceptors (Lipinski definition) is 4. The molecule has 0 unspecified atom stereocenters. The average Bonchev–Trinajstić information content (AvgIpc) is 2.36. The fourth-order valence-electron chi connectivity index (χ4n) is 0.739. The Bertz CT molecular complexity index is 244. The van der Waals surface area contributed by atoms with E-state index in [0.717, 1.165) is 0 Å². The van der Waals surface area contributed by atoms with E-state index in [4.69, 9.17) is 0 Å². The summed E-state index contributed by atoms with van der Waals surface area (Å²) in [5.74, 6) is 0.527. The summed E-state index contributed by atoms with van der Waals surface area (Å²) >= 11 is 0. The first-order valence-corrected chi connectivity index (χ1v) is 3.27. The van der Waals surface area contributed by atoms with Crippen molar-refractivity contribution in [1.82, 2.24) is 15.4 Å². The Morgan fingerprint density at radius 1 is 1.64 bits per heavy atom. The first kappa shape index (κ1) is 7.71. The summed E-state index contributed by atoms with van der Waals surface area (Å²) in [6.07, 6.45) is 0. The molecule has 0 aromatic carbocycles. The highest BCUT2D eigenvalue weighted by Gasteiger charge is 2.11. The van der Waals surface area contributed by atoms with Gasteiger partial charge in [-0.1, -0.05) is 19.1 Å². The van der Waals surface area contributed by atoms with E-state index in [1.54, 1.807) is 0 Å². The summed E-state index contributed by atoms with van der Waals surface area (Å²) in [6.45, 7) is 4.23. The van der Waals surface area contributed by atoms with Crippen molar-refractivity contribution in [3.63, 3.8) is 0 Å². The number of ether oxygens (including phenoxy) is 1. The average molecular weight is 155 g/mol. The molecule has 0 bridgehead atoms. The maximum atomic E-state index is 9.95. The molecule has 1 aromatic heterocycles. The van der Waals surface area contributed by atoms with E-state index in [2.05, 4.69) is 20.1 Å². The van der Waals surface area contributed by atoms with Crippen molar-refractivity contribution in [3.8, 4) is 5.88 Å². The maximum absolute atomic E-state index is 9.95. The Morgan fingerprint density at radius 3 is 2.91 bits per heavy atom. The lowest BCUT2D eigenvalue weighted by Gasteiger charge is -1.99. The number of H-pyrrole nitrogens is 1. The number of nitrogens with zero attached hydrogens (tertiary/aromatic N) is 2. The summed E-state index contributed by atoms with van der Waals surface area (Å²) in [5, 5.41) is 9.72. The van der Waals surface area contributed by atoms with Crippen LogP contribution in [0.5, 0.6) is 5.88 Å². The summed E-state index contributed by atoms with van der Waals surface area (Å²) in [4.78, 5) is 9.95. The number of rotatable bonds is 3. The third-order valence-electron chi connectivity index (χ3n) is 1.25. The van der Waals surface area contributed by atoms with Crippen LogP contribution in [0.2, 0.25) is 0 Å². The number of aromatic amines is 1. The van der Waals surface area contributed by atoms with Gasteiger partial charge in [-0.25, -0.2) is 5.10 Å². The highest BCUT2D eigenvalue weighted by Crippen LogP contribution is 2.19. The van der Waals surface area contributed by atoms with Crippen LogP contribution in [0.15, 0.2) is 0 Å². The largest absolute Gasteiger partial charge is 0.408 e. The quantitative estimate of drug-likeness (QED) is 0.644. The van der Waals surface area contributed by atoms with Gasteiger partial charge < -0.3 is 4.74 Å². The second-order valence-electron chi connectivity index (χ2n) is 2.39. The molecule has 0 atom stereocenters. The van der Waals surface area contributed by atoms with Crippen molar-refractivity contribution in [1.29, 1.82) is 0 Å². The van der Waals surface area contributed by atoms with E-state index in [-0.39, 0.29) is 5.92 Å². The van der Waals surface area contributed by atoms with Crippen molar-refractivity contribution < 1.29 is 9.53 Å². The zero-order chi connectivity index (χ0) is 8.27. The van der Waals surface area contributed by atoms with Gasteiger partial charge in [0.15, 0.2) is 0 Å². The number of carbonyl (C=O) groups excluding carboxylic acids is 1. The van der Waals surface area contributed by atoms with Crippen molar-refractivity contribution in [2.75, 3.05) is 0 Å². The minimum Gasteiger partial charge on any atom is -0.408 e. The molecule has 1 aromatic rings. The van der Waals surface area contributed by atoms with E-state index in [0.29, 0.717) is 18.0 Å². The van der Waals surface area contributed by atoms with Gasteiger partial charge in [0.25, 0.3) is 6.47 Å². The third kappa shape index (κ3) is 1.54. The Kier molecular flexibility index (Phi) is 2.20. The second-order valence-corrected chi connectivity index (χ2v) is 2.39. The van der Waals surface area contributed by atoms with Crippen LogP contribution in [0, 0.1) is 0 Å². The van der Waals surface area contributed by atoms with Gasteiger partial charge in [0.2, 0.25) is 5.88 Å². The monoisotopic (exact) mass is 155 g/mol. The van der Waals surface area contributed by atoms with E-state index < -0.39 is 0 Å². The molecule has 0 amide bonds. The molecule has 60 valence electrons. The summed E-state index contributed by atoms with van der Waals surface area (Å²) in [5.41, 5.74) is 0.664. The summed E-state index contributed by atoms with van der Waals surface area (Å²) in [7, 11) is 0. The van der Waals surface area contributed by atoms with E-state index in [1.807, 2.05) is 13.8 Å². The number of hydrogen-bond donors (Lipinski definition) is 1.